The lowest BCUT2D eigenvalue weighted by Crippen LogP contribution is -2.13. The number of aromatic nitrogens is 2. The fourth-order valence-electron chi connectivity index (χ4n) is 1.29. The summed E-state index contributed by atoms with van der Waals surface area (Å²) in [6.07, 6.45) is 2.77. The number of halogens is 1. The first-order valence-corrected chi connectivity index (χ1v) is 7.31. The van der Waals surface area contributed by atoms with Gasteiger partial charge in [-0.15, -0.1) is 0 Å². The maximum absolute atomic E-state index is 12.0. The van der Waals surface area contributed by atoms with Crippen molar-refractivity contribution in [3.63, 3.8) is 0 Å². The van der Waals surface area contributed by atoms with E-state index >= 15 is 0 Å². The van der Waals surface area contributed by atoms with Crippen LogP contribution >= 0.6 is 22.6 Å². The number of hydrogen-bond donors (Lipinski definition) is 1. The Bertz CT molecular complexity index is 637. The molecule has 7 heteroatoms. The molecule has 1 heterocycles. The van der Waals surface area contributed by atoms with Gasteiger partial charge in [-0.2, -0.15) is 5.10 Å². The largest absolute Gasteiger partial charge is 0.278 e. The summed E-state index contributed by atoms with van der Waals surface area (Å²) in [6, 6.07) is 7.18. The van der Waals surface area contributed by atoms with E-state index in [2.05, 4.69) is 32.4 Å². The minimum atomic E-state index is -3.55. The van der Waals surface area contributed by atoms with Crippen LogP contribution in [-0.2, 0) is 17.1 Å². The van der Waals surface area contributed by atoms with Crippen LogP contribution in [0.25, 0.3) is 0 Å². The monoisotopic (exact) mass is 363 g/mol. The Morgan fingerprint density at radius 3 is 2.65 bits per heavy atom. The Morgan fingerprint density at radius 1 is 1.35 bits per heavy atom. The van der Waals surface area contributed by atoms with E-state index in [4.69, 9.17) is 0 Å². The molecule has 1 N–H and O–H groups in total. The quantitative estimate of drug-likeness (QED) is 0.847. The summed E-state index contributed by atoms with van der Waals surface area (Å²) in [5.74, 6) is 0. The van der Waals surface area contributed by atoms with Crippen molar-refractivity contribution in [2.24, 2.45) is 7.05 Å². The van der Waals surface area contributed by atoms with Crippen molar-refractivity contribution in [2.75, 3.05) is 4.72 Å². The lowest BCUT2D eigenvalue weighted by molar-refractivity contribution is 0.601. The molecule has 0 unspecified atom stereocenters. The second-order valence-electron chi connectivity index (χ2n) is 3.44. The first-order valence-electron chi connectivity index (χ1n) is 4.75. The second-order valence-corrected chi connectivity index (χ2v) is 6.28. The van der Waals surface area contributed by atoms with Gasteiger partial charge in [0.15, 0.2) is 0 Å². The van der Waals surface area contributed by atoms with E-state index in [0.29, 0.717) is 5.69 Å². The van der Waals surface area contributed by atoms with Crippen molar-refractivity contribution >= 4 is 38.3 Å². The molecule has 0 aliphatic rings. The van der Waals surface area contributed by atoms with Gasteiger partial charge in [-0.05, 0) is 34.7 Å². The molecule has 0 radical (unpaired) electrons. The molecule has 0 spiro atoms. The summed E-state index contributed by atoms with van der Waals surface area (Å²) in [5.41, 5.74) is 0.567. The van der Waals surface area contributed by atoms with Gasteiger partial charge in [0, 0.05) is 16.8 Å². The molecule has 0 aliphatic carbocycles. The highest BCUT2D eigenvalue weighted by atomic mass is 127. The number of nitrogens with zero attached hydrogens (tertiary/aromatic N) is 2. The highest BCUT2D eigenvalue weighted by Gasteiger charge is 2.16. The van der Waals surface area contributed by atoms with Crippen molar-refractivity contribution in [1.82, 2.24) is 9.78 Å². The fourth-order valence-corrected chi connectivity index (χ4v) is 3.05. The molecule has 0 atom stereocenters. The number of aryl methyl sites for hydroxylation is 1. The highest BCUT2D eigenvalue weighted by Crippen LogP contribution is 2.20. The van der Waals surface area contributed by atoms with Gasteiger partial charge in [0.05, 0.1) is 11.9 Å². The zero-order valence-corrected chi connectivity index (χ0v) is 11.9. The van der Waals surface area contributed by atoms with E-state index in [0.717, 1.165) is 3.57 Å². The average Bonchev–Trinajstić information content (AvgIpc) is 2.69. The van der Waals surface area contributed by atoms with Crippen molar-refractivity contribution in [2.45, 2.75) is 4.90 Å². The average molecular weight is 363 g/mol. The van der Waals surface area contributed by atoms with E-state index < -0.39 is 10.0 Å². The van der Waals surface area contributed by atoms with Crippen LogP contribution in [0, 0.1) is 3.57 Å². The van der Waals surface area contributed by atoms with Gasteiger partial charge < -0.3 is 0 Å². The molecule has 5 nitrogen and oxygen atoms in total. The minimum absolute atomic E-state index is 0.152. The predicted octanol–water partition coefficient (Wildman–Crippen LogP) is 1.83. The predicted molar refractivity (Wildman–Crippen MR) is 73.2 cm³/mol. The highest BCUT2D eigenvalue weighted by molar-refractivity contribution is 14.1. The van der Waals surface area contributed by atoms with Gasteiger partial charge in [-0.3, -0.25) is 9.40 Å². The van der Waals surface area contributed by atoms with E-state index in [1.807, 2.05) is 12.1 Å². The molecule has 2 rings (SSSR count). The molecule has 2 aromatic rings. The van der Waals surface area contributed by atoms with Crippen molar-refractivity contribution in [3.05, 3.63) is 40.2 Å². The number of sulfonamides is 1. The minimum Gasteiger partial charge on any atom is -0.278 e. The molecule has 90 valence electrons. The second kappa shape index (κ2) is 4.65. The molecule has 1 aromatic carbocycles. The summed E-state index contributed by atoms with van der Waals surface area (Å²) >= 11 is 2.08. The third-order valence-corrected chi connectivity index (χ3v) is 4.37. The lowest BCUT2D eigenvalue weighted by atomic mass is 10.3. The molecule has 17 heavy (non-hydrogen) atoms. The molecule has 0 aliphatic heterocycles. The fraction of sp³-hybridized carbons (Fsp3) is 0.100. The van der Waals surface area contributed by atoms with Gasteiger partial charge in [0.25, 0.3) is 10.0 Å². The van der Waals surface area contributed by atoms with Crippen LogP contribution in [0.1, 0.15) is 0 Å². The number of para-hydroxylation sites is 1. The number of benzene rings is 1. The Balaban J connectivity index is 2.33. The normalized spacial score (nSPS) is 11.4. The van der Waals surface area contributed by atoms with E-state index in [1.165, 1.54) is 17.1 Å². The first-order chi connectivity index (χ1) is 7.99. The Kier molecular flexibility index (Phi) is 3.38. The van der Waals surface area contributed by atoms with Crippen LogP contribution in [0.3, 0.4) is 0 Å². The number of nitrogens with one attached hydrogen (secondary N) is 1. The molecular weight excluding hydrogens is 353 g/mol. The van der Waals surface area contributed by atoms with Crippen LogP contribution in [0.5, 0.6) is 0 Å². The summed E-state index contributed by atoms with van der Waals surface area (Å²) in [6.45, 7) is 0. The topological polar surface area (TPSA) is 64.0 Å². The third kappa shape index (κ3) is 2.78. The molecular formula is C10H10IN3O2S. The SMILES string of the molecule is Cn1cc(S(=O)(=O)Nc2ccccc2I)cn1. The van der Waals surface area contributed by atoms with Crippen LogP contribution in [0.2, 0.25) is 0 Å². The van der Waals surface area contributed by atoms with Gasteiger partial charge in [-0.1, -0.05) is 12.1 Å². The van der Waals surface area contributed by atoms with Crippen LogP contribution in [0.15, 0.2) is 41.6 Å². The third-order valence-electron chi connectivity index (χ3n) is 2.11. The molecule has 0 fully saturated rings. The lowest BCUT2D eigenvalue weighted by Gasteiger charge is -2.07. The zero-order chi connectivity index (χ0) is 12.5. The maximum Gasteiger partial charge on any atom is 0.265 e. The van der Waals surface area contributed by atoms with Gasteiger partial charge in [0.1, 0.15) is 4.90 Å². The smallest absolute Gasteiger partial charge is 0.265 e. The molecule has 0 saturated carbocycles. The van der Waals surface area contributed by atoms with Crippen LogP contribution < -0.4 is 4.72 Å². The van der Waals surface area contributed by atoms with Crippen LogP contribution in [-0.4, -0.2) is 18.2 Å². The van der Waals surface area contributed by atoms with Crippen molar-refractivity contribution in [1.29, 1.82) is 0 Å². The first kappa shape index (κ1) is 12.4. The number of hydrogen-bond acceptors (Lipinski definition) is 3. The Labute approximate surface area is 113 Å². The van der Waals surface area contributed by atoms with Crippen molar-refractivity contribution < 1.29 is 8.42 Å². The Hall–Kier alpha value is -1.09. The summed E-state index contributed by atoms with van der Waals surface area (Å²) in [7, 11) is -1.88. The maximum atomic E-state index is 12.0. The molecule has 0 saturated heterocycles. The Morgan fingerprint density at radius 2 is 2.06 bits per heavy atom. The zero-order valence-electron chi connectivity index (χ0n) is 8.96. The summed E-state index contributed by atoms with van der Waals surface area (Å²) < 4.78 is 28.8. The number of rotatable bonds is 3. The van der Waals surface area contributed by atoms with E-state index in [1.54, 1.807) is 19.2 Å². The summed E-state index contributed by atoms with van der Waals surface area (Å²) in [5, 5.41) is 3.84. The van der Waals surface area contributed by atoms with Crippen LogP contribution in [0.4, 0.5) is 5.69 Å². The van der Waals surface area contributed by atoms with Gasteiger partial charge in [-0.25, -0.2) is 8.42 Å². The van der Waals surface area contributed by atoms with Crippen molar-refractivity contribution in [3.8, 4) is 0 Å². The molecule has 0 amide bonds. The molecule has 0 bridgehead atoms. The van der Waals surface area contributed by atoms with E-state index in [-0.39, 0.29) is 4.90 Å². The van der Waals surface area contributed by atoms with E-state index in [9.17, 15) is 8.42 Å². The number of anilines is 1. The van der Waals surface area contributed by atoms with Gasteiger partial charge >= 0.3 is 0 Å². The molecule has 1 aromatic heterocycles. The standard InChI is InChI=1S/C10H10IN3O2S/c1-14-7-8(6-12-14)17(15,16)13-10-5-3-2-4-9(10)11/h2-7,13H,1H3. The summed E-state index contributed by atoms with van der Waals surface area (Å²) in [4.78, 5) is 0.152. The van der Waals surface area contributed by atoms with Gasteiger partial charge in [0.2, 0.25) is 0 Å².